The third-order valence-corrected chi connectivity index (χ3v) is 4.94. The molecule has 1 aliphatic rings. The van der Waals surface area contributed by atoms with Crippen molar-refractivity contribution in [1.29, 1.82) is 0 Å². The first-order valence-corrected chi connectivity index (χ1v) is 9.18. The molecule has 0 spiro atoms. The molecular weight excluding hydrogens is 360 g/mol. The summed E-state index contributed by atoms with van der Waals surface area (Å²) in [5.74, 6) is 0.957. The molecule has 28 heavy (non-hydrogen) atoms. The lowest BCUT2D eigenvalue weighted by Crippen LogP contribution is -2.44. The second-order valence-corrected chi connectivity index (χ2v) is 6.99. The Morgan fingerprint density at radius 1 is 1.00 bits per heavy atom. The van der Waals surface area contributed by atoms with Crippen molar-refractivity contribution in [3.05, 3.63) is 60.0 Å². The lowest BCUT2D eigenvalue weighted by molar-refractivity contribution is -0.179. The molecule has 3 N–H and O–H groups in total. The second-order valence-electron chi connectivity index (χ2n) is 6.99. The highest BCUT2D eigenvalue weighted by atomic mass is 16.5. The van der Waals surface area contributed by atoms with Gasteiger partial charge in [-0.05, 0) is 34.9 Å². The molecule has 7 heteroatoms. The monoisotopic (exact) mass is 382 g/mol. The number of aryl methyl sites for hydroxylation is 1. The van der Waals surface area contributed by atoms with E-state index in [0.29, 0.717) is 11.8 Å². The van der Waals surface area contributed by atoms with Gasteiger partial charge in [0, 0.05) is 18.9 Å². The molecule has 0 amide bonds. The van der Waals surface area contributed by atoms with Crippen LogP contribution in [0.3, 0.4) is 0 Å². The molecule has 4 atom stereocenters. The van der Waals surface area contributed by atoms with E-state index in [0.717, 1.165) is 22.3 Å². The molecule has 0 unspecified atom stereocenters. The normalized spacial score (nSPS) is 25.0. The molecule has 0 aliphatic carbocycles. The van der Waals surface area contributed by atoms with Gasteiger partial charge in [-0.1, -0.05) is 30.3 Å². The molecule has 1 fully saturated rings. The molecule has 0 bridgehead atoms. The first-order valence-electron chi connectivity index (χ1n) is 9.18. The average Bonchev–Trinajstić information content (AvgIpc) is 3.16. The van der Waals surface area contributed by atoms with Crippen LogP contribution < -0.4 is 0 Å². The van der Waals surface area contributed by atoms with Crippen LogP contribution in [0.1, 0.15) is 24.0 Å². The zero-order valence-electron chi connectivity index (χ0n) is 15.4. The van der Waals surface area contributed by atoms with Crippen LogP contribution in [0.4, 0.5) is 0 Å². The Hall–Kier alpha value is -2.58. The van der Waals surface area contributed by atoms with E-state index in [2.05, 4.69) is 10.2 Å². The molecule has 2 heterocycles. The number of rotatable bonds is 4. The third kappa shape index (κ3) is 3.70. The molecular formula is C21H22N2O5. The van der Waals surface area contributed by atoms with Crippen LogP contribution in [-0.2, 0) is 4.74 Å². The zero-order valence-corrected chi connectivity index (χ0v) is 15.4. The standard InChI is InChI=1S/C21H22N2O5/c1-12-22-23-21(27-12)16-7-3-5-14(9-16)13-4-2-6-15(8-13)20-19(26)18(25)10-17(11-24)28-20/h2-9,17-20,24-26H,10-11H2,1H3/t17-,18-,19-,20+/m0/s1. The molecule has 1 saturated heterocycles. The summed E-state index contributed by atoms with van der Waals surface area (Å²) in [5, 5.41) is 37.8. The second kappa shape index (κ2) is 7.81. The fourth-order valence-electron chi connectivity index (χ4n) is 3.49. The molecule has 7 nitrogen and oxygen atoms in total. The van der Waals surface area contributed by atoms with Gasteiger partial charge in [0.25, 0.3) is 0 Å². The summed E-state index contributed by atoms with van der Waals surface area (Å²) in [6.07, 6.45) is -2.99. The van der Waals surface area contributed by atoms with E-state index in [1.54, 1.807) is 6.92 Å². The molecule has 1 aliphatic heterocycles. The number of aromatic nitrogens is 2. The van der Waals surface area contributed by atoms with Crippen LogP contribution in [0.15, 0.2) is 52.9 Å². The highest BCUT2D eigenvalue weighted by molar-refractivity contribution is 5.70. The topological polar surface area (TPSA) is 109 Å². The van der Waals surface area contributed by atoms with Crippen molar-refractivity contribution in [2.45, 2.75) is 37.8 Å². The maximum Gasteiger partial charge on any atom is 0.247 e. The Morgan fingerprint density at radius 2 is 1.71 bits per heavy atom. The molecule has 0 saturated carbocycles. The minimum Gasteiger partial charge on any atom is -0.421 e. The van der Waals surface area contributed by atoms with E-state index in [4.69, 9.17) is 9.15 Å². The van der Waals surface area contributed by atoms with Crippen molar-refractivity contribution in [2.75, 3.05) is 6.61 Å². The van der Waals surface area contributed by atoms with Gasteiger partial charge in [-0.2, -0.15) is 0 Å². The Bertz CT molecular complexity index is 957. The third-order valence-electron chi connectivity index (χ3n) is 4.94. The SMILES string of the molecule is Cc1nnc(-c2cccc(-c3cccc([C@H]4O[C@H](CO)C[C@H](O)[C@@H]4O)c3)c2)o1. The van der Waals surface area contributed by atoms with Gasteiger partial charge in [0.15, 0.2) is 0 Å². The highest BCUT2D eigenvalue weighted by Gasteiger charge is 2.37. The Labute approximate surface area is 162 Å². The van der Waals surface area contributed by atoms with Crippen molar-refractivity contribution in [3.63, 3.8) is 0 Å². The highest BCUT2D eigenvalue weighted by Crippen LogP contribution is 2.34. The summed E-state index contributed by atoms with van der Waals surface area (Å²) < 4.78 is 11.3. The average molecular weight is 382 g/mol. The predicted octanol–water partition coefficient (Wildman–Crippen LogP) is 2.26. The van der Waals surface area contributed by atoms with Gasteiger partial charge >= 0.3 is 0 Å². The summed E-state index contributed by atoms with van der Waals surface area (Å²) in [5.41, 5.74) is 3.42. The fraction of sp³-hybridized carbons (Fsp3) is 0.333. The summed E-state index contributed by atoms with van der Waals surface area (Å²) in [6.45, 7) is 1.54. The van der Waals surface area contributed by atoms with E-state index < -0.39 is 24.4 Å². The van der Waals surface area contributed by atoms with E-state index in [9.17, 15) is 15.3 Å². The van der Waals surface area contributed by atoms with Gasteiger partial charge < -0.3 is 24.5 Å². The van der Waals surface area contributed by atoms with E-state index >= 15 is 0 Å². The van der Waals surface area contributed by atoms with E-state index in [-0.39, 0.29) is 13.0 Å². The Balaban J connectivity index is 1.66. The molecule has 146 valence electrons. The van der Waals surface area contributed by atoms with Crippen LogP contribution >= 0.6 is 0 Å². The number of hydrogen-bond donors (Lipinski definition) is 3. The molecule has 3 aromatic rings. The van der Waals surface area contributed by atoms with Crippen molar-refractivity contribution in [3.8, 4) is 22.6 Å². The molecule has 2 aromatic carbocycles. The van der Waals surface area contributed by atoms with Crippen molar-refractivity contribution < 1.29 is 24.5 Å². The number of ether oxygens (including phenoxy) is 1. The lowest BCUT2D eigenvalue weighted by atomic mass is 9.91. The fourth-order valence-corrected chi connectivity index (χ4v) is 3.49. The number of aliphatic hydroxyl groups is 3. The minimum atomic E-state index is -1.05. The number of hydrogen-bond acceptors (Lipinski definition) is 7. The van der Waals surface area contributed by atoms with Gasteiger partial charge in [0.05, 0.1) is 18.8 Å². The van der Waals surface area contributed by atoms with Crippen LogP contribution in [-0.4, -0.2) is 50.4 Å². The lowest BCUT2D eigenvalue weighted by Gasteiger charge is -2.37. The van der Waals surface area contributed by atoms with Gasteiger partial charge in [-0.15, -0.1) is 10.2 Å². The number of aliphatic hydroxyl groups excluding tert-OH is 3. The smallest absolute Gasteiger partial charge is 0.247 e. The quantitative estimate of drug-likeness (QED) is 0.635. The summed E-state index contributed by atoms with van der Waals surface area (Å²) in [4.78, 5) is 0. The van der Waals surface area contributed by atoms with Crippen LogP contribution in [0.5, 0.6) is 0 Å². The van der Waals surface area contributed by atoms with Crippen LogP contribution in [0.2, 0.25) is 0 Å². The first-order chi connectivity index (χ1) is 13.5. The molecule has 4 rings (SSSR count). The molecule has 0 radical (unpaired) electrons. The number of benzene rings is 2. The largest absolute Gasteiger partial charge is 0.421 e. The minimum absolute atomic E-state index is 0.203. The van der Waals surface area contributed by atoms with E-state index in [1.165, 1.54) is 0 Å². The zero-order chi connectivity index (χ0) is 19.7. The van der Waals surface area contributed by atoms with Crippen molar-refractivity contribution in [1.82, 2.24) is 10.2 Å². The van der Waals surface area contributed by atoms with Crippen LogP contribution in [0.25, 0.3) is 22.6 Å². The van der Waals surface area contributed by atoms with Crippen molar-refractivity contribution >= 4 is 0 Å². The van der Waals surface area contributed by atoms with Crippen LogP contribution in [0, 0.1) is 6.92 Å². The van der Waals surface area contributed by atoms with Crippen molar-refractivity contribution in [2.24, 2.45) is 0 Å². The summed E-state index contributed by atoms with van der Waals surface area (Å²) >= 11 is 0. The first kappa shape index (κ1) is 18.8. The predicted molar refractivity (Wildman–Crippen MR) is 101 cm³/mol. The summed E-state index contributed by atoms with van der Waals surface area (Å²) in [7, 11) is 0. The molecule has 1 aromatic heterocycles. The van der Waals surface area contributed by atoms with Gasteiger partial charge in [-0.3, -0.25) is 0 Å². The Morgan fingerprint density at radius 3 is 2.43 bits per heavy atom. The maximum atomic E-state index is 10.4. The Kier molecular flexibility index (Phi) is 5.23. The maximum absolute atomic E-state index is 10.4. The van der Waals surface area contributed by atoms with Gasteiger partial charge in [0.1, 0.15) is 12.2 Å². The van der Waals surface area contributed by atoms with Gasteiger partial charge in [-0.25, -0.2) is 0 Å². The number of nitrogens with zero attached hydrogens (tertiary/aromatic N) is 2. The van der Waals surface area contributed by atoms with E-state index in [1.807, 2.05) is 48.5 Å². The summed E-state index contributed by atoms with van der Waals surface area (Å²) in [6, 6.07) is 15.3. The van der Waals surface area contributed by atoms with Gasteiger partial charge in [0.2, 0.25) is 11.8 Å².